The van der Waals surface area contributed by atoms with Crippen LogP contribution in [0.25, 0.3) is 16.9 Å². The van der Waals surface area contributed by atoms with Crippen molar-refractivity contribution >= 4 is 23.2 Å². The van der Waals surface area contributed by atoms with E-state index in [-0.39, 0.29) is 23.0 Å². The minimum Gasteiger partial charge on any atom is -0.479 e. The van der Waals surface area contributed by atoms with E-state index in [1.807, 2.05) is 13.0 Å². The second-order valence-electron chi connectivity index (χ2n) is 8.05. The SMILES string of the molecule is CCN(C(C)=O)c1cccc(-c2cc(O[C@@H]3[C@@H](O)[C@H](O)[C@@H](C(=O)O)O[C@H]3O)nc3c(C#N)cnn23)c1. The van der Waals surface area contributed by atoms with E-state index in [1.165, 1.54) is 23.7 Å². The lowest BCUT2D eigenvalue weighted by Crippen LogP contribution is -2.61. The molecule has 0 saturated carbocycles. The molecule has 1 saturated heterocycles. The minimum atomic E-state index is -1.90. The second kappa shape index (κ2) is 9.88. The Morgan fingerprint density at radius 3 is 2.64 bits per heavy atom. The fraction of sp³-hybridized carbons (Fsp3) is 0.348. The van der Waals surface area contributed by atoms with Crippen LogP contribution in [-0.2, 0) is 14.3 Å². The Morgan fingerprint density at radius 1 is 1.25 bits per heavy atom. The number of aliphatic hydroxyl groups is 3. The monoisotopic (exact) mass is 497 g/mol. The molecule has 3 heterocycles. The molecule has 188 valence electrons. The number of aliphatic hydroxyl groups excluding tert-OH is 3. The number of aromatic nitrogens is 3. The highest BCUT2D eigenvalue weighted by molar-refractivity contribution is 5.92. The van der Waals surface area contributed by atoms with Gasteiger partial charge in [0, 0.05) is 30.8 Å². The van der Waals surface area contributed by atoms with E-state index in [4.69, 9.17) is 14.6 Å². The maximum absolute atomic E-state index is 12.0. The van der Waals surface area contributed by atoms with Crippen LogP contribution in [0.2, 0.25) is 0 Å². The summed E-state index contributed by atoms with van der Waals surface area (Å²) in [6.45, 7) is 3.73. The normalized spacial score (nSPS) is 23.7. The fourth-order valence-electron chi connectivity index (χ4n) is 4.03. The predicted molar refractivity (Wildman–Crippen MR) is 122 cm³/mol. The highest BCUT2D eigenvalue weighted by Crippen LogP contribution is 2.31. The zero-order valence-electron chi connectivity index (χ0n) is 19.2. The van der Waals surface area contributed by atoms with Crippen LogP contribution in [0, 0.1) is 11.3 Å². The van der Waals surface area contributed by atoms with Gasteiger partial charge in [0.15, 0.2) is 24.1 Å². The van der Waals surface area contributed by atoms with Gasteiger partial charge in [-0.15, -0.1) is 0 Å². The first-order chi connectivity index (χ1) is 17.2. The van der Waals surface area contributed by atoms with Crippen molar-refractivity contribution in [1.82, 2.24) is 14.6 Å². The number of anilines is 1. The van der Waals surface area contributed by atoms with Crippen LogP contribution in [0.4, 0.5) is 5.69 Å². The van der Waals surface area contributed by atoms with Gasteiger partial charge in [-0.2, -0.15) is 15.3 Å². The number of ether oxygens (including phenoxy) is 2. The van der Waals surface area contributed by atoms with E-state index in [0.29, 0.717) is 23.5 Å². The van der Waals surface area contributed by atoms with Gasteiger partial charge < -0.3 is 34.8 Å². The number of carboxylic acids is 1. The molecule has 1 fully saturated rings. The van der Waals surface area contributed by atoms with E-state index in [0.717, 1.165) is 0 Å². The molecule has 4 N–H and O–H groups in total. The Hall–Kier alpha value is -4.09. The average Bonchev–Trinajstić information content (AvgIpc) is 3.26. The number of hydrogen-bond acceptors (Lipinski definition) is 10. The zero-order chi connectivity index (χ0) is 26.1. The maximum Gasteiger partial charge on any atom is 0.335 e. The van der Waals surface area contributed by atoms with Gasteiger partial charge in [-0.05, 0) is 19.1 Å². The summed E-state index contributed by atoms with van der Waals surface area (Å²) in [6, 6.07) is 10.4. The molecule has 1 aliphatic rings. The van der Waals surface area contributed by atoms with Gasteiger partial charge in [0.2, 0.25) is 11.8 Å². The van der Waals surface area contributed by atoms with Gasteiger partial charge in [-0.25, -0.2) is 9.31 Å². The van der Waals surface area contributed by atoms with Crippen LogP contribution in [0.3, 0.4) is 0 Å². The number of aliphatic carboxylic acids is 1. The lowest BCUT2D eigenvalue weighted by atomic mass is 9.99. The smallest absolute Gasteiger partial charge is 0.335 e. The zero-order valence-corrected chi connectivity index (χ0v) is 19.2. The molecule has 0 unspecified atom stereocenters. The molecule has 5 atom stereocenters. The lowest BCUT2D eigenvalue weighted by Gasteiger charge is -2.38. The molecular weight excluding hydrogens is 474 g/mol. The highest BCUT2D eigenvalue weighted by Gasteiger charge is 2.48. The number of benzene rings is 1. The van der Waals surface area contributed by atoms with Gasteiger partial charge in [-0.3, -0.25) is 4.79 Å². The quantitative estimate of drug-likeness (QED) is 0.356. The van der Waals surface area contributed by atoms with Gasteiger partial charge in [-0.1, -0.05) is 12.1 Å². The minimum absolute atomic E-state index is 0.110. The predicted octanol–water partition coefficient (Wildman–Crippen LogP) is -0.0882. The van der Waals surface area contributed by atoms with Crippen LogP contribution >= 0.6 is 0 Å². The van der Waals surface area contributed by atoms with Gasteiger partial charge in [0.1, 0.15) is 23.8 Å². The van der Waals surface area contributed by atoms with Crippen molar-refractivity contribution in [2.24, 2.45) is 0 Å². The average molecular weight is 497 g/mol. The van der Waals surface area contributed by atoms with Crippen LogP contribution < -0.4 is 9.64 Å². The summed E-state index contributed by atoms with van der Waals surface area (Å²) in [7, 11) is 0. The molecule has 0 spiro atoms. The van der Waals surface area contributed by atoms with Crippen molar-refractivity contribution in [3.8, 4) is 23.2 Å². The van der Waals surface area contributed by atoms with Crippen molar-refractivity contribution in [1.29, 1.82) is 5.26 Å². The summed E-state index contributed by atoms with van der Waals surface area (Å²) >= 11 is 0. The van der Waals surface area contributed by atoms with Crippen LogP contribution in [-0.4, -0.2) is 84.2 Å². The van der Waals surface area contributed by atoms with E-state index < -0.39 is 36.7 Å². The number of rotatable bonds is 6. The van der Waals surface area contributed by atoms with Gasteiger partial charge in [0.25, 0.3) is 0 Å². The van der Waals surface area contributed by atoms with Crippen molar-refractivity contribution < 1.29 is 39.5 Å². The molecule has 0 radical (unpaired) electrons. The summed E-state index contributed by atoms with van der Waals surface area (Å²) < 4.78 is 12.0. The van der Waals surface area contributed by atoms with E-state index in [1.54, 1.807) is 29.2 Å². The third kappa shape index (κ3) is 4.45. The number of carbonyl (C=O) groups excluding carboxylic acids is 1. The van der Waals surface area contributed by atoms with Gasteiger partial charge in [0.05, 0.1) is 11.9 Å². The number of fused-ring (bicyclic) bond motifs is 1. The third-order valence-corrected chi connectivity index (χ3v) is 5.78. The van der Waals surface area contributed by atoms with Crippen molar-refractivity contribution in [2.45, 2.75) is 44.6 Å². The lowest BCUT2D eigenvalue weighted by molar-refractivity contribution is -0.274. The first-order valence-corrected chi connectivity index (χ1v) is 10.9. The number of amides is 1. The number of nitrogens with zero attached hydrogens (tertiary/aromatic N) is 5. The molecule has 1 aromatic carbocycles. The summed E-state index contributed by atoms with van der Waals surface area (Å²) in [5, 5.41) is 53.6. The number of carboxylic acid groups (broad SMARTS) is 1. The number of carbonyl (C=O) groups is 2. The van der Waals surface area contributed by atoms with Crippen LogP contribution in [0.15, 0.2) is 36.5 Å². The molecule has 1 amide bonds. The summed E-state index contributed by atoms with van der Waals surface area (Å²) in [5.41, 5.74) is 1.84. The Kier molecular flexibility index (Phi) is 6.86. The molecule has 36 heavy (non-hydrogen) atoms. The van der Waals surface area contributed by atoms with E-state index in [9.17, 15) is 30.2 Å². The van der Waals surface area contributed by atoms with Crippen molar-refractivity contribution in [2.75, 3.05) is 11.4 Å². The molecule has 3 aromatic rings. The molecule has 0 bridgehead atoms. The fourth-order valence-corrected chi connectivity index (χ4v) is 4.03. The summed E-state index contributed by atoms with van der Waals surface area (Å²) in [6.07, 6.45) is -7.75. The molecule has 4 rings (SSSR count). The molecule has 13 heteroatoms. The Labute approximate surface area is 204 Å². The van der Waals surface area contributed by atoms with Crippen LogP contribution in [0.1, 0.15) is 19.4 Å². The molecule has 13 nitrogen and oxygen atoms in total. The Bertz CT molecular complexity index is 1350. The van der Waals surface area contributed by atoms with Crippen molar-refractivity contribution in [3.05, 3.63) is 42.1 Å². The summed E-state index contributed by atoms with van der Waals surface area (Å²) in [4.78, 5) is 29.1. The molecular formula is C23H23N5O8. The first kappa shape index (κ1) is 25.0. The summed E-state index contributed by atoms with van der Waals surface area (Å²) in [5.74, 6) is -1.88. The first-order valence-electron chi connectivity index (χ1n) is 10.9. The molecule has 2 aromatic heterocycles. The highest BCUT2D eigenvalue weighted by atomic mass is 16.7. The third-order valence-electron chi connectivity index (χ3n) is 5.78. The van der Waals surface area contributed by atoms with Gasteiger partial charge >= 0.3 is 5.97 Å². The molecule has 0 aliphatic carbocycles. The standard InChI is InChI=1S/C23H23N5O8/c1-3-27(11(2)29)14-6-4-5-12(7-14)15-8-16(26-21-13(9-24)10-25-28(15)21)35-20-18(31)17(30)19(22(32)33)36-23(20)34/h4-8,10,17-20,23,30-31,34H,3H2,1-2H3,(H,32,33)/t17-,18-,19-,20+,23+/m0/s1. The Balaban J connectivity index is 1.78. The number of nitriles is 1. The maximum atomic E-state index is 12.0. The topological polar surface area (TPSA) is 191 Å². The Morgan fingerprint density at radius 2 is 2.00 bits per heavy atom. The number of hydrogen-bond donors (Lipinski definition) is 4. The van der Waals surface area contributed by atoms with Crippen molar-refractivity contribution in [3.63, 3.8) is 0 Å². The van der Waals surface area contributed by atoms with E-state index >= 15 is 0 Å². The second-order valence-corrected chi connectivity index (χ2v) is 8.05. The van der Waals surface area contributed by atoms with Crippen LogP contribution in [0.5, 0.6) is 5.88 Å². The van der Waals surface area contributed by atoms with E-state index in [2.05, 4.69) is 10.1 Å². The molecule has 1 aliphatic heterocycles. The largest absolute Gasteiger partial charge is 0.479 e.